The molecule has 2 N–H and O–H groups in total. The number of amides is 1. The van der Waals surface area contributed by atoms with Crippen LogP contribution in [0.2, 0.25) is 0 Å². The summed E-state index contributed by atoms with van der Waals surface area (Å²) in [5, 5.41) is 20.1. The number of phenolic OH excluding ortho intramolecular Hbond substituents is 1. The number of hydrogen-bond donors (Lipinski definition) is 2. The standard InChI is InChI=1S/C21H15NO5/c23-15-10-8-13(9-11-15)18-17(19(24)16-7-4-12-27-16)20(25)21(26)22(18)14-5-2-1-3-6-14/h1-12,18,23,25H. The first-order valence-corrected chi connectivity index (χ1v) is 8.27. The highest BCUT2D eigenvalue weighted by atomic mass is 16.3. The van der Waals surface area contributed by atoms with Crippen molar-refractivity contribution in [2.75, 3.05) is 4.90 Å². The Morgan fingerprint density at radius 3 is 2.26 bits per heavy atom. The number of phenols is 1. The number of furan rings is 1. The molecule has 1 aliphatic heterocycles. The molecule has 0 fully saturated rings. The van der Waals surface area contributed by atoms with Crippen molar-refractivity contribution >= 4 is 17.4 Å². The topological polar surface area (TPSA) is 91.0 Å². The van der Waals surface area contributed by atoms with Gasteiger partial charge < -0.3 is 14.6 Å². The first kappa shape index (κ1) is 16.7. The number of benzene rings is 2. The van der Waals surface area contributed by atoms with Crippen LogP contribution < -0.4 is 4.90 Å². The molecule has 4 rings (SSSR count). The maximum absolute atomic E-state index is 13.0. The summed E-state index contributed by atoms with van der Waals surface area (Å²) in [6.45, 7) is 0. The van der Waals surface area contributed by atoms with E-state index in [9.17, 15) is 19.8 Å². The number of anilines is 1. The minimum Gasteiger partial charge on any atom is -0.508 e. The van der Waals surface area contributed by atoms with Crippen molar-refractivity contribution in [3.63, 3.8) is 0 Å². The molecular formula is C21H15NO5. The number of aliphatic hydroxyl groups excluding tert-OH is 1. The second kappa shape index (κ2) is 6.49. The van der Waals surface area contributed by atoms with E-state index in [1.807, 2.05) is 6.07 Å². The molecule has 0 aliphatic carbocycles. The number of rotatable bonds is 4. The van der Waals surface area contributed by atoms with Gasteiger partial charge in [-0.15, -0.1) is 0 Å². The average Bonchev–Trinajstić information content (AvgIpc) is 3.31. The van der Waals surface area contributed by atoms with E-state index in [0.717, 1.165) is 0 Å². The molecule has 6 heteroatoms. The van der Waals surface area contributed by atoms with Crippen molar-refractivity contribution in [1.29, 1.82) is 0 Å². The average molecular weight is 361 g/mol. The second-order valence-electron chi connectivity index (χ2n) is 6.07. The molecule has 3 aromatic rings. The Labute approximate surface area is 154 Å². The van der Waals surface area contributed by atoms with Gasteiger partial charge in [-0.3, -0.25) is 14.5 Å². The zero-order chi connectivity index (χ0) is 19.0. The molecule has 27 heavy (non-hydrogen) atoms. The number of para-hydroxylation sites is 1. The maximum atomic E-state index is 13.0. The lowest BCUT2D eigenvalue weighted by molar-refractivity contribution is -0.117. The molecule has 2 aromatic carbocycles. The number of Topliss-reactive ketones (excluding diaryl/α,β-unsaturated/α-hetero) is 1. The number of ketones is 1. The van der Waals surface area contributed by atoms with Gasteiger partial charge in [0.25, 0.3) is 5.91 Å². The van der Waals surface area contributed by atoms with Gasteiger partial charge in [-0.05, 0) is 42.0 Å². The molecule has 1 aliphatic rings. The summed E-state index contributed by atoms with van der Waals surface area (Å²) in [7, 11) is 0. The Bertz CT molecular complexity index is 1020. The van der Waals surface area contributed by atoms with Crippen LogP contribution in [-0.4, -0.2) is 21.9 Å². The third-order valence-electron chi connectivity index (χ3n) is 4.44. The van der Waals surface area contributed by atoms with E-state index in [0.29, 0.717) is 11.3 Å². The Hall–Kier alpha value is -3.80. The predicted octanol–water partition coefficient (Wildman–Crippen LogP) is 3.77. The van der Waals surface area contributed by atoms with Gasteiger partial charge in [0.2, 0.25) is 5.78 Å². The smallest absolute Gasteiger partial charge is 0.294 e. The zero-order valence-electron chi connectivity index (χ0n) is 14.1. The molecule has 1 amide bonds. The van der Waals surface area contributed by atoms with Gasteiger partial charge in [0.05, 0.1) is 17.9 Å². The van der Waals surface area contributed by atoms with Crippen LogP contribution >= 0.6 is 0 Å². The van der Waals surface area contributed by atoms with Crippen LogP contribution in [0.4, 0.5) is 5.69 Å². The monoisotopic (exact) mass is 361 g/mol. The summed E-state index contributed by atoms with van der Waals surface area (Å²) >= 11 is 0. The van der Waals surface area contributed by atoms with Gasteiger partial charge in [-0.1, -0.05) is 30.3 Å². The van der Waals surface area contributed by atoms with Gasteiger partial charge in [0.1, 0.15) is 5.75 Å². The molecular weight excluding hydrogens is 346 g/mol. The van der Waals surface area contributed by atoms with E-state index in [2.05, 4.69) is 0 Å². The van der Waals surface area contributed by atoms with Crippen molar-refractivity contribution in [1.82, 2.24) is 0 Å². The highest BCUT2D eigenvalue weighted by Crippen LogP contribution is 2.42. The Morgan fingerprint density at radius 1 is 0.926 bits per heavy atom. The fourth-order valence-electron chi connectivity index (χ4n) is 3.20. The van der Waals surface area contributed by atoms with E-state index in [1.165, 1.54) is 29.4 Å². The van der Waals surface area contributed by atoms with Crippen LogP contribution in [0, 0.1) is 0 Å². The SMILES string of the molecule is O=C(C1=C(O)C(=O)N(c2ccccc2)C1c1ccc(O)cc1)c1ccco1. The summed E-state index contributed by atoms with van der Waals surface area (Å²) < 4.78 is 5.17. The molecule has 1 unspecified atom stereocenters. The summed E-state index contributed by atoms with van der Waals surface area (Å²) in [5.41, 5.74) is 1.04. The molecule has 6 nitrogen and oxygen atoms in total. The largest absolute Gasteiger partial charge is 0.508 e. The second-order valence-corrected chi connectivity index (χ2v) is 6.07. The molecule has 2 heterocycles. The van der Waals surface area contributed by atoms with E-state index in [-0.39, 0.29) is 17.1 Å². The van der Waals surface area contributed by atoms with Crippen LogP contribution in [0.5, 0.6) is 5.75 Å². The van der Waals surface area contributed by atoms with E-state index in [4.69, 9.17) is 4.42 Å². The Balaban J connectivity index is 1.88. The van der Waals surface area contributed by atoms with Crippen LogP contribution in [-0.2, 0) is 4.79 Å². The number of nitrogens with zero attached hydrogens (tertiary/aromatic N) is 1. The fourth-order valence-corrected chi connectivity index (χ4v) is 3.20. The van der Waals surface area contributed by atoms with E-state index >= 15 is 0 Å². The number of aromatic hydroxyl groups is 1. The van der Waals surface area contributed by atoms with Crippen molar-refractivity contribution in [3.8, 4) is 5.75 Å². The maximum Gasteiger partial charge on any atom is 0.294 e. The summed E-state index contributed by atoms with van der Waals surface area (Å²) in [6.07, 6.45) is 1.35. The minimum absolute atomic E-state index is 0.0306. The summed E-state index contributed by atoms with van der Waals surface area (Å²) in [4.78, 5) is 27.1. The molecule has 0 spiro atoms. The third-order valence-corrected chi connectivity index (χ3v) is 4.44. The van der Waals surface area contributed by atoms with Gasteiger partial charge in [0.15, 0.2) is 11.5 Å². The number of hydrogen-bond acceptors (Lipinski definition) is 5. The lowest BCUT2D eigenvalue weighted by Gasteiger charge is -2.26. The number of carbonyl (C=O) groups is 2. The van der Waals surface area contributed by atoms with Gasteiger partial charge >= 0.3 is 0 Å². The summed E-state index contributed by atoms with van der Waals surface area (Å²) in [5.74, 6) is -1.76. The number of carbonyl (C=O) groups excluding carboxylic acids is 2. The lowest BCUT2D eigenvalue weighted by atomic mass is 9.95. The van der Waals surface area contributed by atoms with Crippen LogP contribution in [0.15, 0.2) is 88.7 Å². The zero-order valence-corrected chi connectivity index (χ0v) is 14.1. The third kappa shape index (κ3) is 2.77. The van der Waals surface area contributed by atoms with Gasteiger partial charge in [0, 0.05) is 5.69 Å². The molecule has 0 radical (unpaired) electrons. The molecule has 1 aromatic heterocycles. The van der Waals surface area contributed by atoms with E-state index < -0.39 is 23.5 Å². The van der Waals surface area contributed by atoms with Gasteiger partial charge in [-0.2, -0.15) is 0 Å². The van der Waals surface area contributed by atoms with Crippen molar-refractivity contribution in [3.05, 3.63) is 95.6 Å². The van der Waals surface area contributed by atoms with Gasteiger partial charge in [-0.25, -0.2) is 0 Å². The fraction of sp³-hybridized carbons (Fsp3) is 0.0476. The normalized spacial score (nSPS) is 16.8. The van der Waals surface area contributed by atoms with Crippen molar-refractivity contribution in [2.45, 2.75) is 6.04 Å². The molecule has 1 atom stereocenters. The van der Waals surface area contributed by atoms with Crippen molar-refractivity contribution < 1.29 is 24.2 Å². The predicted molar refractivity (Wildman–Crippen MR) is 97.5 cm³/mol. The first-order valence-electron chi connectivity index (χ1n) is 8.27. The Morgan fingerprint density at radius 2 is 1.63 bits per heavy atom. The Kier molecular flexibility index (Phi) is 4.01. The molecule has 134 valence electrons. The highest BCUT2D eigenvalue weighted by molar-refractivity contribution is 6.20. The minimum atomic E-state index is -0.849. The molecule has 0 saturated carbocycles. The lowest BCUT2D eigenvalue weighted by Crippen LogP contribution is -2.30. The highest BCUT2D eigenvalue weighted by Gasteiger charge is 2.45. The van der Waals surface area contributed by atoms with Crippen LogP contribution in [0.3, 0.4) is 0 Å². The van der Waals surface area contributed by atoms with E-state index in [1.54, 1.807) is 42.5 Å². The van der Waals surface area contributed by atoms with Crippen LogP contribution in [0.1, 0.15) is 22.2 Å². The molecule has 0 bridgehead atoms. The van der Waals surface area contributed by atoms with Crippen LogP contribution in [0.25, 0.3) is 0 Å². The summed E-state index contributed by atoms with van der Waals surface area (Å²) in [6, 6.07) is 17.1. The first-order chi connectivity index (χ1) is 13.1. The van der Waals surface area contributed by atoms with Crippen molar-refractivity contribution in [2.24, 2.45) is 0 Å². The quantitative estimate of drug-likeness (QED) is 0.690. The molecule has 0 saturated heterocycles. The number of aliphatic hydroxyl groups is 1.